The van der Waals surface area contributed by atoms with E-state index in [9.17, 15) is 4.79 Å². The lowest BCUT2D eigenvalue weighted by atomic mass is 9.75. The quantitative estimate of drug-likeness (QED) is 0.324. The standard InChI is InChI=1S/C22H40O2S/c1-2-3-4-9-15-25-16-14-21-19-13-12-18(17-19)20(21)10-7-5-6-8-11-22(23)24/h18-21H,2-17H2,1H3,(H,23,24)/t18-,19+,20-,21+/m0/s1. The minimum Gasteiger partial charge on any atom is -0.481 e. The molecule has 1 N–H and O–H groups in total. The number of carbonyl (C=O) groups is 1. The lowest BCUT2D eigenvalue weighted by molar-refractivity contribution is -0.137. The van der Waals surface area contributed by atoms with E-state index in [0.717, 1.165) is 36.5 Å². The van der Waals surface area contributed by atoms with Gasteiger partial charge in [0.15, 0.2) is 0 Å². The smallest absolute Gasteiger partial charge is 0.303 e. The molecule has 0 heterocycles. The van der Waals surface area contributed by atoms with Crippen molar-refractivity contribution in [2.24, 2.45) is 23.7 Å². The van der Waals surface area contributed by atoms with Crippen LogP contribution < -0.4 is 0 Å². The highest BCUT2D eigenvalue weighted by molar-refractivity contribution is 7.99. The highest BCUT2D eigenvalue weighted by Crippen LogP contribution is 2.55. The van der Waals surface area contributed by atoms with E-state index >= 15 is 0 Å². The van der Waals surface area contributed by atoms with Crippen molar-refractivity contribution in [1.29, 1.82) is 0 Å². The predicted octanol–water partition coefficient (Wildman–Crippen LogP) is 6.78. The molecule has 0 aromatic rings. The van der Waals surface area contributed by atoms with Gasteiger partial charge in [0.05, 0.1) is 0 Å². The number of carboxylic acid groups (broad SMARTS) is 1. The van der Waals surface area contributed by atoms with Crippen LogP contribution in [0.25, 0.3) is 0 Å². The Morgan fingerprint density at radius 2 is 1.56 bits per heavy atom. The third kappa shape index (κ3) is 7.53. The first-order valence-corrected chi connectivity index (χ1v) is 12.2. The average molecular weight is 369 g/mol. The molecule has 0 aromatic heterocycles. The highest BCUT2D eigenvalue weighted by atomic mass is 32.2. The summed E-state index contributed by atoms with van der Waals surface area (Å²) in [6.45, 7) is 2.29. The average Bonchev–Trinajstić information content (AvgIpc) is 3.19. The van der Waals surface area contributed by atoms with Gasteiger partial charge < -0.3 is 5.11 Å². The molecule has 2 rings (SSSR count). The number of unbranched alkanes of at least 4 members (excludes halogenated alkanes) is 6. The second-order valence-corrected chi connectivity index (χ2v) is 9.69. The molecule has 146 valence electrons. The van der Waals surface area contributed by atoms with Crippen molar-refractivity contribution in [2.45, 2.75) is 96.8 Å². The summed E-state index contributed by atoms with van der Waals surface area (Å²) in [7, 11) is 0. The third-order valence-electron chi connectivity index (χ3n) is 6.69. The number of carboxylic acids is 1. The maximum absolute atomic E-state index is 10.6. The molecule has 4 atom stereocenters. The zero-order chi connectivity index (χ0) is 17.9. The van der Waals surface area contributed by atoms with E-state index in [2.05, 4.69) is 18.7 Å². The molecule has 2 nitrogen and oxygen atoms in total. The number of fused-ring (bicyclic) bond motifs is 2. The molecule has 0 saturated heterocycles. The van der Waals surface area contributed by atoms with Gasteiger partial charge in [0, 0.05) is 6.42 Å². The predicted molar refractivity (Wildman–Crippen MR) is 109 cm³/mol. The Balaban J connectivity index is 1.57. The van der Waals surface area contributed by atoms with Gasteiger partial charge >= 0.3 is 5.97 Å². The zero-order valence-corrected chi connectivity index (χ0v) is 17.2. The van der Waals surface area contributed by atoms with E-state index in [1.54, 1.807) is 0 Å². The summed E-state index contributed by atoms with van der Waals surface area (Å²) in [5, 5.41) is 8.71. The van der Waals surface area contributed by atoms with Crippen LogP contribution in [0.3, 0.4) is 0 Å². The van der Waals surface area contributed by atoms with Crippen LogP contribution in [0.5, 0.6) is 0 Å². The fourth-order valence-corrected chi connectivity index (χ4v) is 6.44. The van der Waals surface area contributed by atoms with Crippen molar-refractivity contribution in [3.05, 3.63) is 0 Å². The van der Waals surface area contributed by atoms with Gasteiger partial charge in [-0.25, -0.2) is 0 Å². The molecule has 2 saturated carbocycles. The molecule has 25 heavy (non-hydrogen) atoms. The van der Waals surface area contributed by atoms with Crippen molar-refractivity contribution in [2.75, 3.05) is 11.5 Å². The molecule has 2 aliphatic rings. The minimum atomic E-state index is -0.639. The highest BCUT2D eigenvalue weighted by Gasteiger charge is 2.46. The summed E-state index contributed by atoms with van der Waals surface area (Å²) < 4.78 is 0. The van der Waals surface area contributed by atoms with Gasteiger partial charge in [0.2, 0.25) is 0 Å². The summed E-state index contributed by atoms with van der Waals surface area (Å²) >= 11 is 2.20. The Hall–Kier alpha value is -0.180. The minimum absolute atomic E-state index is 0.353. The summed E-state index contributed by atoms with van der Waals surface area (Å²) in [6.07, 6.45) is 17.9. The van der Waals surface area contributed by atoms with E-state index in [1.807, 2.05) is 0 Å². The lowest BCUT2D eigenvalue weighted by Gasteiger charge is -2.31. The largest absolute Gasteiger partial charge is 0.481 e. The molecule has 2 aliphatic carbocycles. The van der Waals surface area contributed by atoms with Gasteiger partial charge in [-0.05, 0) is 80.1 Å². The second-order valence-electron chi connectivity index (χ2n) is 8.47. The van der Waals surface area contributed by atoms with Crippen LogP contribution in [0.2, 0.25) is 0 Å². The maximum atomic E-state index is 10.6. The van der Waals surface area contributed by atoms with Gasteiger partial charge in [-0.15, -0.1) is 0 Å². The Kier molecular flexibility index (Phi) is 10.4. The van der Waals surface area contributed by atoms with Gasteiger partial charge in [0.25, 0.3) is 0 Å². The van der Waals surface area contributed by atoms with E-state index in [1.165, 1.54) is 82.1 Å². The molecule has 0 unspecified atom stereocenters. The molecule has 0 amide bonds. The van der Waals surface area contributed by atoms with E-state index in [-0.39, 0.29) is 0 Å². The number of thioether (sulfide) groups is 1. The first kappa shape index (κ1) is 21.1. The van der Waals surface area contributed by atoms with E-state index in [4.69, 9.17) is 5.11 Å². The first-order chi connectivity index (χ1) is 12.2. The zero-order valence-electron chi connectivity index (χ0n) is 16.4. The fourth-order valence-electron chi connectivity index (χ4n) is 5.39. The van der Waals surface area contributed by atoms with Crippen molar-refractivity contribution in [3.63, 3.8) is 0 Å². The maximum Gasteiger partial charge on any atom is 0.303 e. The van der Waals surface area contributed by atoms with Gasteiger partial charge in [0.1, 0.15) is 0 Å². The summed E-state index contributed by atoms with van der Waals surface area (Å²) in [6, 6.07) is 0. The van der Waals surface area contributed by atoms with Crippen LogP contribution in [0, 0.1) is 23.7 Å². The van der Waals surface area contributed by atoms with Crippen molar-refractivity contribution >= 4 is 17.7 Å². The molecular formula is C22H40O2S. The first-order valence-electron chi connectivity index (χ1n) is 11.0. The Morgan fingerprint density at radius 3 is 2.28 bits per heavy atom. The van der Waals surface area contributed by atoms with Crippen molar-refractivity contribution in [1.82, 2.24) is 0 Å². The van der Waals surface area contributed by atoms with E-state index < -0.39 is 5.97 Å². The molecule has 0 aromatic carbocycles. The molecular weight excluding hydrogens is 328 g/mol. The molecule has 0 spiro atoms. The summed E-state index contributed by atoms with van der Waals surface area (Å²) in [5.74, 6) is 6.20. The van der Waals surface area contributed by atoms with Gasteiger partial charge in [-0.1, -0.05) is 45.4 Å². The van der Waals surface area contributed by atoms with Crippen LogP contribution in [0.15, 0.2) is 0 Å². The van der Waals surface area contributed by atoms with Crippen LogP contribution in [-0.2, 0) is 4.79 Å². The topological polar surface area (TPSA) is 37.3 Å². The SMILES string of the molecule is CCCCCCSCC[C@@H]1[C@@H]2CC[C@@H](C2)[C@@H]1CCCCCCC(=O)O. The Bertz CT molecular complexity index is 371. The van der Waals surface area contributed by atoms with Crippen LogP contribution in [-0.4, -0.2) is 22.6 Å². The second kappa shape index (κ2) is 12.3. The Morgan fingerprint density at radius 1 is 0.880 bits per heavy atom. The summed E-state index contributed by atoms with van der Waals surface area (Å²) in [5.41, 5.74) is 0. The number of hydrogen-bond acceptors (Lipinski definition) is 2. The monoisotopic (exact) mass is 368 g/mol. The van der Waals surface area contributed by atoms with Crippen molar-refractivity contribution < 1.29 is 9.90 Å². The van der Waals surface area contributed by atoms with Crippen LogP contribution in [0.4, 0.5) is 0 Å². The normalized spacial score (nSPS) is 27.9. The van der Waals surface area contributed by atoms with Gasteiger partial charge in [-0.3, -0.25) is 4.79 Å². The van der Waals surface area contributed by atoms with Crippen LogP contribution in [0.1, 0.15) is 96.8 Å². The number of rotatable bonds is 15. The molecule has 2 bridgehead atoms. The Labute approximate surface area is 159 Å². The van der Waals surface area contributed by atoms with E-state index in [0.29, 0.717) is 6.42 Å². The van der Waals surface area contributed by atoms with Crippen molar-refractivity contribution in [3.8, 4) is 0 Å². The lowest BCUT2D eigenvalue weighted by Crippen LogP contribution is -2.23. The number of hydrogen-bond donors (Lipinski definition) is 1. The molecule has 0 aliphatic heterocycles. The third-order valence-corrected chi connectivity index (χ3v) is 7.79. The molecule has 2 fully saturated rings. The number of aliphatic carboxylic acids is 1. The molecule has 0 radical (unpaired) electrons. The molecule has 3 heteroatoms. The fraction of sp³-hybridized carbons (Fsp3) is 0.955. The summed E-state index contributed by atoms with van der Waals surface area (Å²) in [4.78, 5) is 10.6. The van der Waals surface area contributed by atoms with Gasteiger partial charge in [-0.2, -0.15) is 11.8 Å². The van der Waals surface area contributed by atoms with Crippen LogP contribution >= 0.6 is 11.8 Å².